The lowest BCUT2D eigenvalue weighted by Crippen LogP contribution is -2.48. The van der Waals surface area contributed by atoms with E-state index in [2.05, 4.69) is 31.8 Å². The van der Waals surface area contributed by atoms with Crippen LogP contribution in [0.25, 0.3) is 0 Å². The highest BCUT2D eigenvalue weighted by Gasteiger charge is 2.25. The monoisotopic (exact) mass is 569 g/mol. The first-order valence-electron chi connectivity index (χ1n) is 11.6. The zero-order chi connectivity index (χ0) is 26.9. The molecule has 2 amide bonds. The molecular formula is C28H29BrFN3O4. The van der Waals surface area contributed by atoms with Crippen molar-refractivity contribution in [2.45, 2.75) is 33.4 Å². The average molecular weight is 570 g/mol. The summed E-state index contributed by atoms with van der Waals surface area (Å²) >= 11 is 3.51. The molecule has 0 aliphatic heterocycles. The maximum absolute atomic E-state index is 13.9. The van der Waals surface area contributed by atoms with Gasteiger partial charge in [-0.1, -0.05) is 55.8 Å². The molecule has 3 rings (SSSR count). The quantitative estimate of drug-likeness (QED) is 0.253. The molecule has 1 atom stereocenters. The van der Waals surface area contributed by atoms with Crippen LogP contribution in [0.5, 0.6) is 11.5 Å². The van der Waals surface area contributed by atoms with Gasteiger partial charge in [0.25, 0.3) is 11.8 Å². The van der Waals surface area contributed by atoms with Gasteiger partial charge in [-0.3, -0.25) is 9.59 Å². The number of hydrazone groups is 1. The van der Waals surface area contributed by atoms with Crippen LogP contribution in [0.2, 0.25) is 0 Å². The molecule has 0 radical (unpaired) electrons. The summed E-state index contributed by atoms with van der Waals surface area (Å²) in [7, 11) is 1.54. The molecule has 0 saturated carbocycles. The first-order valence-corrected chi connectivity index (χ1v) is 12.4. The Balaban J connectivity index is 1.66. The van der Waals surface area contributed by atoms with Gasteiger partial charge in [-0.25, -0.2) is 9.82 Å². The summed E-state index contributed by atoms with van der Waals surface area (Å²) in [5, 5.41) is 6.60. The summed E-state index contributed by atoms with van der Waals surface area (Å²) in [6.45, 7) is 5.94. The molecule has 3 aromatic rings. The van der Waals surface area contributed by atoms with E-state index in [-0.39, 0.29) is 11.5 Å². The number of carbonyl (C=O) groups is 2. The minimum atomic E-state index is -0.914. The Morgan fingerprint density at radius 3 is 2.46 bits per heavy atom. The van der Waals surface area contributed by atoms with Crippen molar-refractivity contribution in [2.75, 3.05) is 7.11 Å². The number of nitrogens with zero attached hydrogens (tertiary/aromatic N) is 1. The Morgan fingerprint density at radius 1 is 1.11 bits per heavy atom. The third-order valence-electron chi connectivity index (χ3n) is 5.50. The number of hydrogen-bond acceptors (Lipinski definition) is 5. The smallest absolute Gasteiger partial charge is 0.262 e. The predicted molar refractivity (Wildman–Crippen MR) is 144 cm³/mol. The number of aryl methyl sites for hydroxylation is 1. The lowest BCUT2D eigenvalue weighted by Gasteiger charge is -2.20. The third-order valence-corrected chi connectivity index (χ3v) is 6.09. The average Bonchev–Trinajstić information content (AvgIpc) is 2.87. The lowest BCUT2D eigenvalue weighted by atomic mass is 10.0. The van der Waals surface area contributed by atoms with Gasteiger partial charge in [-0.2, -0.15) is 5.10 Å². The van der Waals surface area contributed by atoms with E-state index < -0.39 is 23.7 Å². The molecule has 0 bridgehead atoms. The van der Waals surface area contributed by atoms with E-state index in [1.807, 2.05) is 31.2 Å². The van der Waals surface area contributed by atoms with Gasteiger partial charge in [0.05, 0.1) is 23.4 Å². The summed E-state index contributed by atoms with van der Waals surface area (Å²) in [6, 6.07) is 16.2. The number of hydrogen-bond donors (Lipinski definition) is 2. The van der Waals surface area contributed by atoms with Crippen molar-refractivity contribution in [2.24, 2.45) is 11.0 Å². The summed E-state index contributed by atoms with van der Waals surface area (Å²) in [5.41, 5.74) is 5.14. The normalized spacial score (nSPS) is 11.9. The molecule has 0 saturated heterocycles. The van der Waals surface area contributed by atoms with Crippen LogP contribution in [-0.2, 0) is 11.4 Å². The Bertz CT molecular complexity index is 1280. The van der Waals surface area contributed by atoms with Crippen LogP contribution in [0.4, 0.5) is 4.39 Å². The second-order valence-corrected chi connectivity index (χ2v) is 9.57. The van der Waals surface area contributed by atoms with E-state index >= 15 is 0 Å². The maximum Gasteiger partial charge on any atom is 0.262 e. The van der Waals surface area contributed by atoms with Crippen molar-refractivity contribution in [3.05, 3.63) is 93.2 Å². The van der Waals surface area contributed by atoms with Crippen LogP contribution in [0, 0.1) is 18.7 Å². The highest BCUT2D eigenvalue weighted by atomic mass is 79.9. The topological polar surface area (TPSA) is 89.0 Å². The van der Waals surface area contributed by atoms with E-state index in [4.69, 9.17) is 9.47 Å². The van der Waals surface area contributed by atoms with Gasteiger partial charge < -0.3 is 14.8 Å². The Morgan fingerprint density at radius 2 is 1.81 bits per heavy atom. The Hall–Kier alpha value is -3.72. The zero-order valence-electron chi connectivity index (χ0n) is 21.0. The lowest BCUT2D eigenvalue weighted by molar-refractivity contribution is -0.123. The van der Waals surface area contributed by atoms with Crippen molar-refractivity contribution in [1.82, 2.24) is 10.7 Å². The molecule has 3 aromatic carbocycles. The second-order valence-electron chi connectivity index (χ2n) is 8.72. The standard InChI is InChI=1S/C28H29BrFN3O4/c1-17(2)25(32-27(34)21-7-5-6-8-23(21)30)28(35)33-31-15-20-13-22(29)26(24(14-20)36-4)37-16-19-11-9-18(3)10-12-19/h5-15,17,25H,16H2,1-4H3,(H,32,34)(H,33,35). The van der Waals surface area contributed by atoms with Crippen LogP contribution in [0.1, 0.15) is 40.9 Å². The van der Waals surface area contributed by atoms with Crippen LogP contribution in [-0.4, -0.2) is 31.2 Å². The molecule has 2 N–H and O–H groups in total. The number of benzene rings is 3. The van der Waals surface area contributed by atoms with Gasteiger partial charge in [-0.15, -0.1) is 0 Å². The Labute approximate surface area is 224 Å². The fourth-order valence-electron chi connectivity index (χ4n) is 3.43. The van der Waals surface area contributed by atoms with Crippen molar-refractivity contribution >= 4 is 34.0 Å². The fourth-order valence-corrected chi connectivity index (χ4v) is 4.01. The molecule has 0 fully saturated rings. The molecule has 9 heteroatoms. The number of methoxy groups -OCH3 is 1. The van der Waals surface area contributed by atoms with Gasteiger partial charge in [0, 0.05) is 0 Å². The van der Waals surface area contributed by atoms with Crippen molar-refractivity contribution < 1.29 is 23.5 Å². The van der Waals surface area contributed by atoms with Crippen molar-refractivity contribution in [3.63, 3.8) is 0 Å². The second kappa shape index (κ2) is 13.0. The largest absolute Gasteiger partial charge is 0.493 e. The molecule has 0 spiro atoms. The molecule has 194 valence electrons. The fraction of sp³-hybridized carbons (Fsp3) is 0.250. The highest BCUT2D eigenvalue weighted by molar-refractivity contribution is 9.10. The first-order chi connectivity index (χ1) is 17.7. The van der Waals surface area contributed by atoms with Gasteiger partial charge in [0.15, 0.2) is 11.5 Å². The zero-order valence-corrected chi connectivity index (χ0v) is 22.6. The third kappa shape index (κ3) is 7.63. The Kier molecular flexibility index (Phi) is 9.79. The number of rotatable bonds is 10. The highest BCUT2D eigenvalue weighted by Crippen LogP contribution is 2.36. The summed E-state index contributed by atoms with van der Waals surface area (Å²) < 4.78 is 26.1. The molecule has 0 aliphatic rings. The number of nitrogens with one attached hydrogen (secondary N) is 2. The number of carbonyl (C=O) groups excluding carboxylic acids is 2. The van der Waals surface area contributed by atoms with Gasteiger partial charge in [-0.05, 0) is 64.2 Å². The van der Waals surface area contributed by atoms with Gasteiger partial charge in [0.2, 0.25) is 0 Å². The molecule has 37 heavy (non-hydrogen) atoms. The molecule has 1 unspecified atom stereocenters. The first kappa shape index (κ1) is 27.9. The predicted octanol–water partition coefficient (Wildman–Crippen LogP) is 5.39. The SMILES string of the molecule is COc1cc(C=NNC(=O)C(NC(=O)c2ccccc2F)C(C)C)cc(Br)c1OCc1ccc(C)cc1. The van der Waals surface area contributed by atoms with Crippen LogP contribution >= 0.6 is 15.9 Å². The van der Waals surface area contributed by atoms with Crippen molar-refractivity contribution in [1.29, 1.82) is 0 Å². The van der Waals surface area contributed by atoms with Gasteiger partial charge in [0.1, 0.15) is 18.5 Å². The molecule has 0 aliphatic carbocycles. The molecule has 0 aromatic heterocycles. The van der Waals surface area contributed by atoms with Crippen LogP contribution in [0.15, 0.2) is 70.2 Å². The van der Waals surface area contributed by atoms with Crippen molar-refractivity contribution in [3.8, 4) is 11.5 Å². The molecule has 0 heterocycles. The maximum atomic E-state index is 13.9. The molecule has 7 nitrogen and oxygen atoms in total. The van der Waals surface area contributed by atoms with Gasteiger partial charge >= 0.3 is 0 Å². The summed E-state index contributed by atoms with van der Waals surface area (Å²) in [6.07, 6.45) is 1.45. The van der Waals surface area contributed by atoms with E-state index in [0.29, 0.717) is 28.1 Å². The van der Waals surface area contributed by atoms with E-state index in [0.717, 1.165) is 5.56 Å². The van der Waals surface area contributed by atoms with Crippen LogP contribution < -0.4 is 20.2 Å². The van der Waals surface area contributed by atoms with E-state index in [1.54, 1.807) is 32.0 Å². The number of halogens is 2. The molecular weight excluding hydrogens is 541 g/mol. The van der Waals surface area contributed by atoms with E-state index in [9.17, 15) is 14.0 Å². The number of ether oxygens (including phenoxy) is 2. The minimum absolute atomic E-state index is 0.133. The minimum Gasteiger partial charge on any atom is -0.493 e. The summed E-state index contributed by atoms with van der Waals surface area (Å²) in [4.78, 5) is 25.2. The summed E-state index contributed by atoms with van der Waals surface area (Å²) in [5.74, 6) is -1.09. The van der Waals surface area contributed by atoms with E-state index in [1.165, 1.54) is 37.1 Å². The number of amides is 2. The van der Waals surface area contributed by atoms with Crippen LogP contribution in [0.3, 0.4) is 0 Å².